The van der Waals surface area contributed by atoms with E-state index in [2.05, 4.69) is 40.2 Å². The van der Waals surface area contributed by atoms with Gasteiger partial charge >= 0.3 is 0 Å². The molecule has 0 aromatic heterocycles. The van der Waals surface area contributed by atoms with Gasteiger partial charge in [0, 0.05) is 4.47 Å². The molecule has 0 saturated carbocycles. The Hall–Kier alpha value is -0.270. The van der Waals surface area contributed by atoms with Gasteiger partial charge in [-0.3, -0.25) is 0 Å². The zero-order chi connectivity index (χ0) is 9.97. The Morgan fingerprint density at radius 2 is 2.14 bits per heavy atom. The highest BCUT2D eigenvalue weighted by Crippen LogP contribution is 2.27. The SMILES string of the molecule is ClC1C=C(Cc2ccccc2Br)CC1. The smallest absolute Gasteiger partial charge is 0.0521 e. The lowest BCUT2D eigenvalue weighted by Crippen LogP contribution is -1.88. The normalized spacial score (nSPS) is 21.0. The van der Waals surface area contributed by atoms with Crippen molar-refractivity contribution in [2.45, 2.75) is 24.6 Å². The summed E-state index contributed by atoms with van der Waals surface area (Å²) in [5, 5.41) is 0.257. The van der Waals surface area contributed by atoms with E-state index in [-0.39, 0.29) is 5.38 Å². The molecule has 1 unspecified atom stereocenters. The summed E-state index contributed by atoms with van der Waals surface area (Å²) >= 11 is 9.58. The predicted octanol–water partition coefficient (Wildman–Crippen LogP) is 4.32. The molecule has 1 aromatic rings. The molecular formula is C12H12BrCl. The van der Waals surface area contributed by atoms with Crippen molar-refractivity contribution in [3.05, 3.63) is 46.0 Å². The molecule has 0 radical (unpaired) electrons. The number of rotatable bonds is 2. The van der Waals surface area contributed by atoms with Crippen LogP contribution in [0.2, 0.25) is 0 Å². The molecule has 2 heteroatoms. The molecule has 0 N–H and O–H groups in total. The second-order valence-corrected chi connectivity index (χ2v) is 5.06. The second-order valence-electron chi connectivity index (χ2n) is 3.65. The Morgan fingerprint density at radius 1 is 1.36 bits per heavy atom. The van der Waals surface area contributed by atoms with E-state index in [9.17, 15) is 0 Å². The van der Waals surface area contributed by atoms with Crippen molar-refractivity contribution in [3.63, 3.8) is 0 Å². The third kappa shape index (κ3) is 2.40. The van der Waals surface area contributed by atoms with Crippen LogP contribution in [-0.4, -0.2) is 5.38 Å². The number of hydrogen-bond donors (Lipinski definition) is 0. The molecule has 1 aromatic carbocycles. The van der Waals surface area contributed by atoms with Gasteiger partial charge in [-0.05, 0) is 30.9 Å². The maximum Gasteiger partial charge on any atom is 0.0521 e. The lowest BCUT2D eigenvalue weighted by Gasteiger charge is -2.04. The quantitative estimate of drug-likeness (QED) is 0.555. The molecule has 0 aliphatic heterocycles. The molecule has 1 aliphatic rings. The minimum atomic E-state index is 0.257. The van der Waals surface area contributed by atoms with Crippen LogP contribution in [0.4, 0.5) is 0 Å². The maximum atomic E-state index is 6.02. The average Bonchev–Trinajstić information content (AvgIpc) is 2.56. The Bertz CT molecular complexity index is 357. The van der Waals surface area contributed by atoms with Crippen molar-refractivity contribution in [3.8, 4) is 0 Å². The van der Waals surface area contributed by atoms with Crippen molar-refractivity contribution in [2.75, 3.05) is 0 Å². The van der Waals surface area contributed by atoms with Gasteiger partial charge < -0.3 is 0 Å². The molecule has 74 valence electrons. The zero-order valence-electron chi connectivity index (χ0n) is 7.84. The molecule has 0 bridgehead atoms. The lowest BCUT2D eigenvalue weighted by atomic mass is 10.1. The van der Waals surface area contributed by atoms with Gasteiger partial charge in [0.25, 0.3) is 0 Å². The van der Waals surface area contributed by atoms with Gasteiger partial charge in [0.15, 0.2) is 0 Å². The van der Waals surface area contributed by atoms with E-state index in [1.165, 1.54) is 15.6 Å². The van der Waals surface area contributed by atoms with Gasteiger partial charge in [0.2, 0.25) is 0 Å². The van der Waals surface area contributed by atoms with Gasteiger partial charge in [0.05, 0.1) is 5.38 Å². The summed E-state index contributed by atoms with van der Waals surface area (Å²) in [5.41, 5.74) is 2.82. The number of alkyl halides is 1. The largest absolute Gasteiger partial charge is 0.118 e. The lowest BCUT2D eigenvalue weighted by molar-refractivity contribution is 0.891. The summed E-state index contributed by atoms with van der Waals surface area (Å²) in [4.78, 5) is 0. The average molecular weight is 272 g/mol. The van der Waals surface area contributed by atoms with Gasteiger partial charge in [-0.25, -0.2) is 0 Å². The first-order chi connectivity index (χ1) is 6.75. The van der Waals surface area contributed by atoms with E-state index in [1.807, 2.05) is 6.07 Å². The molecule has 0 amide bonds. The van der Waals surface area contributed by atoms with Crippen LogP contribution in [0.25, 0.3) is 0 Å². The summed E-state index contributed by atoms with van der Waals surface area (Å²) in [7, 11) is 0. The van der Waals surface area contributed by atoms with E-state index in [1.54, 1.807) is 0 Å². The monoisotopic (exact) mass is 270 g/mol. The fourth-order valence-corrected chi connectivity index (χ4v) is 2.49. The molecule has 2 rings (SSSR count). The Labute approximate surface area is 98.1 Å². The number of hydrogen-bond acceptors (Lipinski definition) is 0. The van der Waals surface area contributed by atoms with E-state index in [4.69, 9.17) is 11.6 Å². The molecule has 1 aliphatic carbocycles. The number of allylic oxidation sites excluding steroid dienone is 2. The van der Waals surface area contributed by atoms with Crippen LogP contribution in [0.5, 0.6) is 0 Å². The first kappa shape index (κ1) is 10.3. The van der Waals surface area contributed by atoms with Gasteiger partial charge in [-0.2, -0.15) is 0 Å². The van der Waals surface area contributed by atoms with E-state index < -0.39 is 0 Å². The van der Waals surface area contributed by atoms with Crippen molar-refractivity contribution in [2.24, 2.45) is 0 Å². The first-order valence-electron chi connectivity index (χ1n) is 4.83. The van der Waals surface area contributed by atoms with Gasteiger partial charge in [0.1, 0.15) is 0 Å². The fourth-order valence-electron chi connectivity index (χ4n) is 1.78. The zero-order valence-corrected chi connectivity index (χ0v) is 10.2. The minimum absolute atomic E-state index is 0.257. The van der Waals surface area contributed by atoms with Crippen molar-refractivity contribution >= 4 is 27.5 Å². The van der Waals surface area contributed by atoms with Crippen molar-refractivity contribution < 1.29 is 0 Å². The minimum Gasteiger partial charge on any atom is -0.118 e. The second kappa shape index (κ2) is 4.50. The van der Waals surface area contributed by atoms with Crippen LogP contribution in [0.1, 0.15) is 18.4 Å². The van der Waals surface area contributed by atoms with Crippen molar-refractivity contribution in [1.29, 1.82) is 0 Å². The summed E-state index contributed by atoms with van der Waals surface area (Å²) in [5.74, 6) is 0. The number of halogens is 2. The fraction of sp³-hybridized carbons (Fsp3) is 0.333. The third-order valence-electron chi connectivity index (χ3n) is 2.53. The standard InChI is InChI=1S/C12H12BrCl/c13-12-4-2-1-3-10(12)7-9-5-6-11(14)8-9/h1-4,8,11H,5-7H2. The maximum absolute atomic E-state index is 6.02. The Morgan fingerprint density at radius 3 is 2.79 bits per heavy atom. The molecule has 0 heterocycles. The molecule has 0 saturated heterocycles. The summed E-state index contributed by atoms with van der Waals surface area (Å²) in [6.45, 7) is 0. The van der Waals surface area contributed by atoms with E-state index in [0.717, 1.165) is 19.3 Å². The molecule has 0 fully saturated rings. The topological polar surface area (TPSA) is 0 Å². The van der Waals surface area contributed by atoms with Crippen LogP contribution in [0.15, 0.2) is 40.4 Å². The predicted molar refractivity (Wildman–Crippen MR) is 64.8 cm³/mol. The Balaban J connectivity index is 2.12. The van der Waals surface area contributed by atoms with Crippen LogP contribution < -0.4 is 0 Å². The van der Waals surface area contributed by atoms with E-state index >= 15 is 0 Å². The van der Waals surface area contributed by atoms with Crippen molar-refractivity contribution in [1.82, 2.24) is 0 Å². The summed E-state index contributed by atoms with van der Waals surface area (Å²) in [6.07, 6.45) is 5.47. The first-order valence-corrected chi connectivity index (χ1v) is 6.05. The highest BCUT2D eigenvalue weighted by Gasteiger charge is 2.13. The molecule has 0 nitrogen and oxygen atoms in total. The highest BCUT2D eigenvalue weighted by atomic mass is 79.9. The molecule has 14 heavy (non-hydrogen) atoms. The van der Waals surface area contributed by atoms with Gasteiger partial charge in [-0.15, -0.1) is 11.6 Å². The van der Waals surface area contributed by atoms with Crippen LogP contribution >= 0.6 is 27.5 Å². The molecule has 1 atom stereocenters. The molecule has 0 spiro atoms. The molecular weight excluding hydrogens is 259 g/mol. The van der Waals surface area contributed by atoms with Crippen LogP contribution in [-0.2, 0) is 6.42 Å². The van der Waals surface area contributed by atoms with Crippen LogP contribution in [0, 0.1) is 0 Å². The third-order valence-corrected chi connectivity index (χ3v) is 3.65. The summed E-state index contributed by atoms with van der Waals surface area (Å²) in [6, 6.07) is 8.37. The highest BCUT2D eigenvalue weighted by molar-refractivity contribution is 9.10. The Kier molecular flexibility index (Phi) is 3.30. The van der Waals surface area contributed by atoms with E-state index in [0.29, 0.717) is 0 Å². The van der Waals surface area contributed by atoms with Gasteiger partial charge in [-0.1, -0.05) is 45.8 Å². The summed E-state index contributed by atoms with van der Waals surface area (Å²) < 4.78 is 1.19. The number of benzene rings is 1. The van der Waals surface area contributed by atoms with Crippen LogP contribution in [0.3, 0.4) is 0 Å².